The molecule has 1 aliphatic rings. The zero-order valence-corrected chi connectivity index (χ0v) is 23.7. The molecule has 0 radical (unpaired) electrons. The predicted molar refractivity (Wildman–Crippen MR) is 154 cm³/mol. The number of aromatic carboxylic acids is 1. The smallest absolute Gasteiger partial charge is 0.347 e. The molecule has 1 saturated heterocycles. The number of rotatable bonds is 4. The van der Waals surface area contributed by atoms with Gasteiger partial charge in [0, 0.05) is 51.5 Å². The van der Waals surface area contributed by atoms with E-state index in [1.165, 1.54) is 17.0 Å². The monoisotopic (exact) mass is 599 g/mol. The van der Waals surface area contributed by atoms with Crippen LogP contribution in [0.1, 0.15) is 44.0 Å². The molecule has 1 aliphatic heterocycles. The van der Waals surface area contributed by atoms with Crippen molar-refractivity contribution in [2.45, 2.75) is 32.7 Å². The summed E-state index contributed by atoms with van der Waals surface area (Å²) in [7, 11) is 0. The van der Waals surface area contributed by atoms with Crippen LogP contribution >= 0.6 is 38.9 Å². The van der Waals surface area contributed by atoms with Gasteiger partial charge in [0.05, 0.1) is 5.52 Å². The van der Waals surface area contributed by atoms with Gasteiger partial charge < -0.3 is 15.3 Å². The lowest BCUT2D eigenvalue weighted by atomic mass is 10.0. The molecular weight excluding hydrogens is 574 g/mol. The molecule has 2 aromatic carbocycles. The fourth-order valence-corrected chi connectivity index (χ4v) is 5.90. The topological polar surface area (TPSA) is 82.5 Å². The number of amides is 1. The lowest BCUT2D eigenvalue weighted by Crippen LogP contribution is -2.45. The minimum atomic E-state index is -0.878. The number of nitrogens with zero attached hydrogens (tertiary/aromatic N) is 2. The number of nitrogens with one attached hydrogen (secondary N) is 1. The van der Waals surface area contributed by atoms with Crippen LogP contribution in [0.4, 0.5) is 5.69 Å². The lowest BCUT2D eigenvalue weighted by molar-refractivity contribution is 0.0701. The molecule has 0 spiro atoms. The summed E-state index contributed by atoms with van der Waals surface area (Å²) >= 11 is 10.4. The normalized spacial score (nSPS) is 13.7. The van der Waals surface area contributed by atoms with E-state index in [1.807, 2.05) is 56.4 Å². The summed E-state index contributed by atoms with van der Waals surface area (Å²) in [6, 6.07) is 15.7. The van der Waals surface area contributed by atoms with E-state index >= 15 is 0 Å². The fourth-order valence-electron chi connectivity index (χ4n) is 4.35. The standard InChI is InChI=1S/C23H24ClN3O.C5H3BrO2S/c1-15-4-3-5-19(16(15)2)23(28)26-18-9-12-27(13-10-18)22-8-11-25-21-14-17(24)6-7-20(21)22;6-3-1-2-9-4(3)5(7)8/h3-8,11,14,18H,9-10,12-13H2,1-2H3,(H,26,28);1-2H,(H,7,8). The maximum Gasteiger partial charge on any atom is 0.347 e. The third-order valence-electron chi connectivity index (χ3n) is 6.51. The number of halogens is 2. The van der Waals surface area contributed by atoms with Crippen molar-refractivity contribution in [1.29, 1.82) is 0 Å². The Balaban J connectivity index is 0.000000301. The molecule has 0 bridgehead atoms. The SMILES string of the molecule is Cc1cccc(C(=O)NC2CCN(c3ccnc4cc(Cl)ccc34)CC2)c1C.O=C(O)c1sccc1Br. The Hall–Kier alpha value is -2.94. The highest BCUT2D eigenvalue weighted by Crippen LogP contribution is 2.29. The van der Waals surface area contributed by atoms with Gasteiger partial charge in [-0.2, -0.15) is 0 Å². The highest BCUT2D eigenvalue weighted by Gasteiger charge is 2.23. The fraction of sp³-hybridized carbons (Fsp3) is 0.250. The summed E-state index contributed by atoms with van der Waals surface area (Å²) < 4.78 is 0.653. The van der Waals surface area contributed by atoms with Gasteiger partial charge in [0.15, 0.2) is 0 Å². The molecule has 5 rings (SSSR count). The molecule has 0 aliphatic carbocycles. The minimum Gasteiger partial charge on any atom is -0.477 e. The second kappa shape index (κ2) is 12.1. The van der Waals surface area contributed by atoms with Crippen molar-refractivity contribution in [2.75, 3.05) is 18.0 Å². The van der Waals surface area contributed by atoms with Crippen molar-refractivity contribution in [3.8, 4) is 0 Å². The summed E-state index contributed by atoms with van der Waals surface area (Å²) in [4.78, 5) is 30.1. The Labute approximate surface area is 233 Å². The highest BCUT2D eigenvalue weighted by atomic mass is 79.9. The first kappa shape index (κ1) is 27.1. The van der Waals surface area contributed by atoms with Crippen LogP contribution in [0.2, 0.25) is 5.02 Å². The summed E-state index contributed by atoms with van der Waals surface area (Å²) in [5, 5.41) is 15.2. The van der Waals surface area contributed by atoms with Crippen LogP contribution in [0, 0.1) is 13.8 Å². The van der Waals surface area contributed by atoms with Crippen molar-refractivity contribution < 1.29 is 14.7 Å². The maximum absolute atomic E-state index is 12.7. The number of carboxylic acid groups (broad SMARTS) is 1. The molecule has 37 heavy (non-hydrogen) atoms. The van der Waals surface area contributed by atoms with Gasteiger partial charge in [-0.25, -0.2) is 4.79 Å². The Kier molecular flexibility index (Phi) is 8.84. The second-order valence-corrected chi connectivity index (χ2v) is 11.1. The average Bonchev–Trinajstić information content (AvgIpc) is 3.32. The van der Waals surface area contributed by atoms with Crippen molar-refractivity contribution >= 4 is 67.3 Å². The first-order chi connectivity index (χ1) is 17.7. The first-order valence-electron chi connectivity index (χ1n) is 11.9. The zero-order valence-electron chi connectivity index (χ0n) is 20.5. The number of pyridine rings is 1. The summed E-state index contributed by atoms with van der Waals surface area (Å²) in [6.45, 7) is 5.85. The number of hydrogen-bond donors (Lipinski definition) is 2. The van der Waals surface area contributed by atoms with Crippen LogP contribution in [0.25, 0.3) is 10.9 Å². The van der Waals surface area contributed by atoms with Crippen molar-refractivity contribution in [1.82, 2.24) is 10.3 Å². The molecule has 3 heterocycles. The van der Waals surface area contributed by atoms with Gasteiger partial charge in [-0.15, -0.1) is 11.3 Å². The molecule has 2 aromatic heterocycles. The molecule has 9 heteroatoms. The number of benzene rings is 2. The van der Waals surface area contributed by atoms with Crippen LogP contribution in [0.15, 0.2) is 64.6 Å². The van der Waals surface area contributed by atoms with Crippen molar-refractivity contribution in [3.63, 3.8) is 0 Å². The predicted octanol–water partition coefficient (Wildman–Crippen LogP) is 7.11. The van der Waals surface area contributed by atoms with Crippen molar-refractivity contribution in [3.05, 3.63) is 91.2 Å². The van der Waals surface area contributed by atoms with Gasteiger partial charge in [-0.1, -0.05) is 23.7 Å². The molecule has 0 saturated carbocycles. The van der Waals surface area contributed by atoms with Crippen LogP contribution in [-0.4, -0.2) is 41.1 Å². The van der Waals surface area contributed by atoms with Crippen LogP contribution < -0.4 is 10.2 Å². The number of thiophene rings is 1. The lowest BCUT2D eigenvalue weighted by Gasteiger charge is -2.34. The summed E-state index contributed by atoms with van der Waals surface area (Å²) in [6.07, 6.45) is 3.68. The molecule has 192 valence electrons. The second-order valence-electron chi connectivity index (χ2n) is 8.88. The number of aryl methyl sites for hydroxylation is 1. The third-order valence-corrected chi connectivity index (χ3v) is 8.57. The van der Waals surface area contributed by atoms with Gasteiger partial charge >= 0.3 is 5.97 Å². The van der Waals surface area contributed by atoms with E-state index in [0.717, 1.165) is 53.5 Å². The number of fused-ring (bicyclic) bond motifs is 1. The Morgan fingerprint density at radius 1 is 1.14 bits per heavy atom. The number of aromatic nitrogens is 1. The van der Waals surface area contributed by atoms with Crippen LogP contribution in [-0.2, 0) is 0 Å². The number of carbonyl (C=O) groups is 2. The van der Waals surface area contributed by atoms with E-state index in [2.05, 4.69) is 37.2 Å². The van der Waals surface area contributed by atoms with Crippen LogP contribution in [0.5, 0.6) is 0 Å². The molecule has 1 fully saturated rings. The Morgan fingerprint density at radius 2 is 1.89 bits per heavy atom. The molecule has 2 N–H and O–H groups in total. The van der Waals surface area contributed by atoms with E-state index in [1.54, 1.807) is 11.4 Å². The summed E-state index contributed by atoms with van der Waals surface area (Å²) in [5.41, 5.74) is 5.07. The van der Waals surface area contributed by atoms with Gasteiger partial charge in [0.1, 0.15) is 4.88 Å². The van der Waals surface area contributed by atoms with E-state index in [-0.39, 0.29) is 11.9 Å². The molecule has 6 nitrogen and oxygen atoms in total. The number of piperidine rings is 1. The van der Waals surface area contributed by atoms with Gasteiger partial charge in [-0.05, 0) is 95.5 Å². The van der Waals surface area contributed by atoms with Gasteiger partial charge in [0.25, 0.3) is 5.91 Å². The van der Waals surface area contributed by atoms with E-state index < -0.39 is 5.97 Å². The highest BCUT2D eigenvalue weighted by molar-refractivity contribution is 9.10. The molecule has 0 unspecified atom stereocenters. The van der Waals surface area contributed by atoms with Crippen molar-refractivity contribution in [2.24, 2.45) is 0 Å². The van der Waals surface area contributed by atoms with E-state index in [9.17, 15) is 9.59 Å². The molecular formula is C28H27BrClN3O3S. The van der Waals surface area contributed by atoms with E-state index in [0.29, 0.717) is 14.4 Å². The quantitative estimate of drug-likeness (QED) is 0.261. The van der Waals surface area contributed by atoms with Gasteiger partial charge in [-0.3, -0.25) is 9.78 Å². The Bertz CT molecular complexity index is 1430. The number of carboxylic acids is 1. The molecule has 1 amide bonds. The molecule has 0 atom stereocenters. The van der Waals surface area contributed by atoms with Crippen LogP contribution in [0.3, 0.4) is 0 Å². The minimum absolute atomic E-state index is 0.0312. The summed E-state index contributed by atoms with van der Waals surface area (Å²) in [5.74, 6) is -0.847. The zero-order chi connectivity index (χ0) is 26.5. The number of hydrogen-bond acceptors (Lipinski definition) is 5. The average molecular weight is 601 g/mol. The number of carbonyl (C=O) groups excluding carboxylic acids is 1. The number of anilines is 1. The van der Waals surface area contributed by atoms with E-state index in [4.69, 9.17) is 16.7 Å². The van der Waals surface area contributed by atoms with Gasteiger partial charge in [0.2, 0.25) is 0 Å². The largest absolute Gasteiger partial charge is 0.477 e. The maximum atomic E-state index is 12.7. The molecule has 4 aromatic rings. The third kappa shape index (κ3) is 6.50. The Morgan fingerprint density at radius 3 is 2.54 bits per heavy atom. The first-order valence-corrected chi connectivity index (χ1v) is 13.9.